The number of rotatable bonds is 2. The van der Waals surface area contributed by atoms with Gasteiger partial charge in [-0.2, -0.15) is 0 Å². The molecule has 0 saturated heterocycles. The SMILES string of the molecule is Cc1ccnc(-c2cc(C)cc3c2oc2cc(-c4c(C)cc(C)cc4C)ccc23)c1. The van der Waals surface area contributed by atoms with E-state index in [1.54, 1.807) is 0 Å². The predicted octanol–water partition coefficient (Wildman–Crippen LogP) is 7.86. The van der Waals surface area contributed by atoms with E-state index in [1.807, 2.05) is 12.3 Å². The number of aryl methyl sites for hydroxylation is 5. The minimum Gasteiger partial charge on any atom is -0.455 e. The molecule has 0 aliphatic rings. The third kappa shape index (κ3) is 3.00. The van der Waals surface area contributed by atoms with Crippen LogP contribution in [0.1, 0.15) is 27.8 Å². The summed E-state index contributed by atoms with van der Waals surface area (Å²) in [6.07, 6.45) is 1.86. The molecule has 0 atom stereocenters. The van der Waals surface area contributed by atoms with Crippen LogP contribution in [0.2, 0.25) is 0 Å². The van der Waals surface area contributed by atoms with Crippen molar-refractivity contribution in [2.45, 2.75) is 34.6 Å². The summed E-state index contributed by atoms with van der Waals surface area (Å²) >= 11 is 0. The van der Waals surface area contributed by atoms with Crippen LogP contribution in [0, 0.1) is 34.6 Å². The summed E-state index contributed by atoms with van der Waals surface area (Å²) < 4.78 is 6.46. The fraction of sp³-hybridized carbons (Fsp3) is 0.179. The van der Waals surface area contributed by atoms with Gasteiger partial charge in [-0.25, -0.2) is 0 Å². The molecule has 0 spiro atoms. The Labute approximate surface area is 177 Å². The molecule has 148 valence electrons. The molecule has 0 fully saturated rings. The normalized spacial score (nSPS) is 11.5. The molecule has 0 N–H and O–H groups in total. The van der Waals surface area contributed by atoms with Crippen molar-refractivity contribution in [2.24, 2.45) is 0 Å². The lowest BCUT2D eigenvalue weighted by molar-refractivity contribution is 0.670. The summed E-state index contributed by atoms with van der Waals surface area (Å²) in [5.41, 5.74) is 12.6. The lowest BCUT2D eigenvalue weighted by Crippen LogP contribution is -1.89. The van der Waals surface area contributed by atoms with E-state index in [0.717, 1.165) is 33.2 Å². The van der Waals surface area contributed by atoms with Crippen molar-refractivity contribution in [3.63, 3.8) is 0 Å². The predicted molar refractivity (Wildman–Crippen MR) is 126 cm³/mol. The zero-order valence-electron chi connectivity index (χ0n) is 18.1. The highest BCUT2D eigenvalue weighted by atomic mass is 16.3. The Morgan fingerprint density at radius 1 is 0.667 bits per heavy atom. The van der Waals surface area contributed by atoms with Gasteiger partial charge in [0.1, 0.15) is 11.2 Å². The average Bonchev–Trinajstić information content (AvgIpc) is 3.04. The minimum atomic E-state index is 0.906. The summed E-state index contributed by atoms with van der Waals surface area (Å²) in [5.74, 6) is 0. The van der Waals surface area contributed by atoms with Gasteiger partial charge in [-0.3, -0.25) is 4.98 Å². The highest BCUT2D eigenvalue weighted by molar-refractivity contribution is 6.10. The van der Waals surface area contributed by atoms with Gasteiger partial charge in [0.25, 0.3) is 0 Å². The Kier molecular flexibility index (Phi) is 4.25. The monoisotopic (exact) mass is 391 g/mol. The van der Waals surface area contributed by atoms with Crippen molar-refractivity contribution in [2.75, 3.05) is 0 Å². The third-order valence-corrected chi connectivity index (χ3v) is 5.87. The third-order valence-electron chi connectivity index (χ3n) is 5.87. The highest BCUT2D eigenvalue weighted by Gasteiger charge is 2.16. The van der Waals surface area contributed by atoms with Gasteiger partial charge in [0.05, 0.1) is 5.69 Å². The topological polar surface area (TPSA) is 26.0 Å². The molecule has 5 aromatic rings. The van der Waals surface area contributed by atoms with Crippen molar-refractivity contribution in [3.05, 3.63) is 88.6 Å². The Morgan fingerprint density at radius 2 is 1.40 bits per heavy atom. The molecule has 3 aromatic carbocycles. The molecule has 0 amide bonds. The Balaban J connectivity index is 1.77. The maximum Gasteiger partial charge on any atom is 0.144 e. The summed E-state index contributed by atoms with van der Waals surface area (Å²) in [5, 5.41) is 2.29. The summed E-state index contributed by atoms with van der Waals surface area (Å²) in [6.45, 7) is 10.7. The van der Waals surface area contributed by atoms with Crippen LogP contribution in [0.5, 0.6) is 0 Å². The minimum absolute atomic E-state index is 0.906. The van der Waals surface area contributed by atoms with Gasteiger partial charge in [-0.1, -0.05) is 23.8 Å². The lowest BCUT2D eigenvalue weighted by atomic mass is 9.93. The van der Waals surface area contributed by atoms with Gasteiger partial charge in [0, 0.05) is 22.5 Å². The number of hydrogen-bond donors (Lipinski definition) is 0. The Hall–Kier alpha value is -3.39. The van der Waals surface area contributed by atoms with E-state index >= 15 is 0 Å². The second kappa shape index (κ2) is 6.84. The van der Waals surface area contributed by atoms with E-state index < -0.39 is 0 Å². The summed E-state index contributed by atoms with van der Waals surface area (Å²) in [7, 11) is 0. The van der Waals surface area contributed by atoms with Gasteiger partial charge >= 0.3 is 0 Å². The zero-order chi connectivity index (χ0) is 21.0. The van der Waals surface area contributed by atoms with Gasteiger partial charge < -0.3 is 4.42 Å². The van der Waals surface area contributed by atoms with Crippen molar-refractivity contribution < 1.29 is 4.42 Å². The van der Waals surface area contributed by atoms with Gasteiger partial charge in [0.2, 0.25) is 0 Å². The number of pyridine rings is 1. The maximum atomic E-state index is 6.46. The zero-order valence-corrected chi connectivity index (χ0v) is 18.1. The van der Waals surface area contributed by atoms with Crippen molar-refractivity contribution in [1.82, 2.24) is 4.98 Å². The fourth-order valence-electron chi connectivity index (χ4n) is 4.69. The van der Waals surface area contributed by atoms with E-state index in [0.29, 0.717) is 0 Å². The molecule has 30 heavy (non-hydrogen) atoms. The molecular weight excluding hydrogens is 366 g/mol. The smallest absolute Gasteiger partial charge is 0.144 e. The van der Waals surface area contributed by atoms with E-state index in [-0.39, 0.29) is 0 Å². The maximum absolute atomic E-state index is 6.46. The first kappa shape index (κ1) is 18.6. The van der Waals surface area contributed by atoms with Crippen LogP contribution >= 0.6 is 0 Å². The lowest BCUT2D eigenvalue weighted by Gasteiger charge is -2.11. The molecule has 0 unspecified atom stereocenters. The quantitative estimate of drug-likeness (QED) is 0.306. The number of aromatic nitrogens is 1. The average molecular weight is 392 g/mol. The van der Waals surface area contributed by atoms with Crippen molar-refractivity contribution in [1.29, 1.82) is 0 Å². The van der Waals surface area contributed by atoms with Crippen LogP contribution in [0.3, 0.4) is 0 Å². The number of benzene rings is 3. The second-order valence-electron chi connectivity index (χ2n) is 8.49. The molecule has 0 bridgehead atoms. The van der Waals surface area contributed by atoms with Gasteiger partial charge in [-0.15, -0.1) is 0 Å². The van der Waals surface area contributed by atoms with Crippen LogP contribution in [0.25, 0.3) is 44.3 Å². The van der Waals surface area contributed by atoms with Crippen LogP contribution in [-0.4, -0.2) is 4.98 Å². The first-order valence-electron chi connectivity index (χ1n) is 10.4. The van der Waals surface area contributed by atoms with Gasteiger partial charge in [-0.05, 0) is 104 Å². The second-order valence-corrected chi connectivity index (χ2v) is 8.49. The van der Waals surface area contributed by atoms with E-state index in [9.17, 15) is 0 Å². The number of nitrogens with zero attached hydrogens (tertiary/aromatic N) is 1. The van der Waals surface area contributed by atoms with E-state index in [1.165, 1.54) is 38.9 Å². The molecule has 2 heterocycles. The van der Waals surface area contributed by atoms with Crippen LogP contribution in [0.15, 0.2) is 65.2 Å². The molecular formula is C28H25NO. The van der Waals surface area contributed by atoms with Crippen LogP contribution in [0.4, 0.5) is 0 Å². The van der Waals surface area contributed by atoms with Crippen LogP contribution < -0.4 is 0 Å². The highest BCUT2D eigenvalue weighted by Crippen LogP contribution is 2.39. The largest absolute Gasteiger partial charge is 0.455 e. The standard InChI is InChI=1S/C28H25NO/c1-16-8-9-29-25(14-16)24-13-18(3)12-23-22-7-6-21(15-26(22)30-28(23)24)27-19(4)10-17(2)11-20(27)5/h6-15H,1-5H3. The van der Waals surface area contributed by atoms with Crippen molar-refractivity contribution in [3.8, 4) is 22.4 Å². The molecule has 0 radical (unpaired) electrons. The van der Waals surface area contributed by atoms with E-state index in [2.05, 4.69) is 88.1 Å². The molecule has 0 aliphatic heterocycles. The van der Waals surface area contributed by atoms with Crippen molar-refractivity contribution >= 4 is 21.9 Å². The summed E-state index contributed by atoms with van der Waals surface area (Å²) in [6, 6.07) is 19.6. The molecule has 0 aliphatic carbocycles. The first-order valence-corrected chi connectivity index (χ1v) is 10.4. The number of furan rings is 1. The first-order chi connectivity index (χ1) is 14.4. The molecule has 2 aromatic heterocycles. The van der Waals surface area contributed by atoms with E-state index in [4.69, 9.17) is 4.42 Å². The van der Waals surface area contributed by atoms with Gasteiger partial charge in [0.15, 0.2) is 0 Å². The number of fused-ring (bicyclic) bond motifs is 3. The number of hydrogen-bond acceptors (Lipinski definition) is 2. The Bertz CT molecular complexity index is 1420. The fourth-order valence-corrected chi connectivity index (χ4v) is 4.69. The molecule has 5 rings (SSSR count). The molecule has 2 heteroatoms. The molecule has 2 nitrogen and oxygen atoms in total. The molecule has 0 saturated carbocycles. The summed E-state index contributed by atoms with van der Waals surface area (Å²) in [4.78, 5) is 4.61. The van der Waals surface area contributed by atoms with Crippen LogP contribution in [-0.2, 0) is 0 Å². The Morgan fingerprint density at radius 3 is 2.13 bits per heavy atom.